The molecule has 0 atom stereocenters. The van der Waals surface area contributed by atoms with Crippen LogP contribution in [-0.2, 0) is 6.54 Å². The van der Waals surface area contributed by atoms with Crippen LogP contribution < -0.4 is 5.32 Å². The molecule has 0 saturated heterocycles. The molecule has 0 saturated carbocycles. The SMILES string of the molecule is CCC(CC)CNCc1ccc2ccccc2c1. The Labute approximate surface area is 110 Å². The predicted octanol–water partition coefficient (Wildman–Crippen LogP) is 4.37. The predicted molar refractivity (Wildman–Crippen MR) is 79.7 cm³/mol. The maximum absolute atomic E-state index is 3.57. The van der Waals surface area contributed by atoms with Crippen molar-refractivity contribution in [3.63, 3.8) is 0 Å². The van der Waals surface area contributed by atoms with Gasteiger partial charge in [-0.3, -0.25) is 0 Å². The van der Waals surface area contributed by atoms with Crippen LogP contribution in [0.15, 0.2) is 42.5 Å². The molecule has 0 bridgehead atoms. The fraction of sp³-hybridized carbons (Fsp3) is 0.412. The first-order valence-corrected chi connectivity index (χ1v) is 7.02. The van der Waals surface area contributed by atoms with E-state index in [9.17, 15) is 0 Å². The van der Waals surface area contributed by atoms with Gasteiger partial charge < -0.3 is 5.32 Å². The van der Waals surface area contributed by atoms with E-state index < -0.39 is 0 Å². The summed E-state index contributed by atoms with van der Waals surface area (Å²) < 4.78 is 0. The lowest BCUT2D eigenvalue weighted by Gasteiger charge is -2.13. The third-order valence-corrected chi connectivity index (χ3v) is 3.73. The lowest BCUT2D eigenvalue weighted by Crippen LogP contribution is -2.21. The van der Waals surface area contributed by atoms with E-state index in [4.69, 9.17) is 0 Å². The van der Waals surface area contributed by atoms with Crippen molar-refractivity contribution >= 4 is 10.8 Å². The minimum absolute atomic E-state index is 0.811. The number of hydrogen-bond donors (Lipinski definition) is 1. The third kappa shape index (κ3) is 3.33. The van der Waals surface area contributed by atoms with Crippen molar-refractivity contribution in [2.75, 3.05) is 6.54 Å². The van der Waals surface area contributed by atoms with Gasteiger partial charge >= 0.3 is 0 Å². The molecule has 0 aliphatic carbocycles. The van der Waals surface area contributed by atoms with Crippen LogP contribution in [0.3, 0.4) is 0 Å². The van der Waals surface area contributed by atoms with E-state index in [1.807, 2.05) is 0 Å². The average Bonchev–Trinajstić information content (AvgIpc) is 2.43. The quantitative estimate of drug-likeness (QED) is 0.792. The summed E-state index contributed by atoms with van der Waals surface area (Å²) in [7, 11) is 0. The first kappa shape index (κ1) is 13.1. The maximum Gasteiger partial charge on any atom is 0.0205 e. The van der Waals surface area contributed by atoms with Crippen LogP contribution in [0.5, 0.6) is 0 Å². The molecule has 0 unspecified atom stereocenters. The van der Waals surface area contributed by atoms with Gasteiger partial charge in [-0.25, -0.2) is 0 Å². The standard InChI is InChI=1S/C17H23N/c1-3-14(4-2)12-18-13-15-9-10-16-7-5-6-8-17(16)11-15/h5-11,14,18H,3-4,12-13H2,1-2H3. The molecular weight excluding hydrogens is 218 g/mol. The Hall–Kier alpha value is -1.34. The zero-order chi connectivity index (χ0) is 12.8. The summed E-state index contributed by atoms with van der Waals surface area (Å²) in [5.74, 6) is 0.811. The minimum Gasteiger partial charge on any atom is -0.312 e. The van der Waals surface area contributed by atoms with Crippen molar-refractivity contribution < 1.29 is 0 Å². The molecule has 18 heavy (non-hydrogen) atoms. The normalized spacial score (nSPS) is 11.3. The summed E-state index contributed by atoms with van der Waals surface area (Å²) in [6.07, 6.45) is 2.53. The molecule has 96 valence electrons. The average molecular weight is 241 g/mol. The first-order chi connectivity index (χ1) is 8.83. The second-order valence-electron chi connectivity index (χ2n) is 4.99. The van der Waals surface area contributed by atoms with Gasteiger partial charge in [-0.1, -0.05) is 63.1 Å². The number of fused-ring (bicyclic) bond motifs is 1. The van der Waals surface area contributed by atoms with Gasteiger partial charge in [0.2, 0.25) is 0 Å². The highest BCUT2D eigenvalue weighted by atomic mass is 14.9. The Balaban J connectivity index is 1.95. The molecule has 0 aliphatic rings. The van der Waals surface area contributed by atoms with Crippen LogP contribution in [0.1, 0.15) is 32.3 Å². The summed E-state index contributed by atoms with van der Waals surface area (Å²) in [5.41, 5.74) is 1.37. The molecule has 0 heterocycles. The van der Waals surface area contributed by atoms with E-state index in [2.05, 4.69) is 61.6 Å². The molecule has 1 N–H and O–H groups in total. The Morgan fingerprint density at radius 2 is 1.67 bits per heavy atom. The lowest BCUT2D eigenvalue weighted by molar-refractivity contribution is 0.449. The van der Waals surface area contributed by atoms with Gasteiger partial charge in [0.1, 0.15) is 0 Å². The molecule has 0 radical (unpaired) electrons. The lowest BCUT2D eigenvalue weighted by atomic mass is 10.0. The Morgan fingerprint density at radius 3 is 2.39 bits per heavy atom. The van der Waals surface area contributed by atoms with Crippen molar-refractivity contribution in [2.24, 2.45) is 5.92 Å². The molecule has 1 heteroatoms. The molecule has 1 nitrogen and oxygen atoms in total. The van der Waals surface area contributed by atoms with Gasteiger partial charge in [-0.05, 0) is 34.9 Å². The van der Waals surface area contributed by atoms with Crippen molar-refractivity contribution in [2.45, 2.75) is 33.2 Å². The highest BCUT2D eigenvalue weighted by molar-refractivity contribution is 5.82. The van der Waals surface area contributed by atoms with Gasteiger partial charge in [0.15, 0.2) is 0 Å². The fourth-order valence-corrected chi connectivity index (χ4v) is 2.35. The van der Waals surface area contributed by atoms with Gasteiger partial charge in [-0.2, -0.15) is 0 Å². The smallest absolute Gasteiger partial charge is 0.0205 e. The topological polar surface area (TPSA) is 12.0 Å². The van der Waals surface area contributed by atoms with E-state index in [-0.39, 0.29) is 0 Å². The number of benzene rings is 2. The maximum atomic E-state index is 3.57. The van der Waals surface area contributed by atoms with Gasteiger partial charge in [-0.15, -0.1) is 0 Å². The number of hydrogen-bond acceptors (Lipinski definition) is 1. The van der Waals surface area contributed by atoms with E-state index in [0.29, 0.717) is 0 Å². The van der Waals surface area contributed by atoms with E-state index in [1.165, 1.54) is 29.2 Å². The van der Waals surface area contributed by atoms with Gasteiger partial charge in [0.25, 0.3) is 0 Å². The molecule has 2 aromatic carbocycles. The van der Waals surface area contributed by atoms with Crippen LogP contribution >= 0.6 is 0 Å². The van der Waals surface area contributed by atoms with Gasteiger partial charge in [0, 0.05) is 6.54 Å². The first-order valence-electron chi connectivity index (χ1n) is 7.02. The minimum atomic E-state index is 0.811. The fourth-order valence-electron chi connectivity index (χ4n) is 2.35. The van der Waals surface area contributed by atoms with Crippen molar-refractivity contribution in [1.82, 2.24) is 5.32 Å². The summed E-state index contributed by atoms with van der Waals surface area (Å²) in [4.78, 5) is 0. The van der Waals surface area contributed by atoms with Crippen LogP contribution in [0.4, 0.5) is 0 Å². The molecule has 0 spiro atoms. The third-order valence-electron chi connectivity index (χ3n) is 3.73. The van der Waals surface area contributed by atoms with Crippen LogP contribution in [0, 0.1) is 5.92 Å². The van der Waals surface area contributed by atoms with Crippen molar-refractivity contribution in [3.8, 4) is 0 Å². The van der Waals surface area contributed by atoms with Crippen LogP contribution in [0.25, 0.3) is 10.8 Å². The monoisotopic (exact) mass is 241 g/mol. The molecule has 0 aromatic heterocycles. The molecule has 2 rings (SSSR count). The summed E-state index contributed by atoms with van der Waals surface area (Å²) in [5, 5.41) is 6.22. The van der Waals surface area contributed by atoms with Crippen molar-refractivity contribution in [1.29, 1.82) is 0 Å². The zero-order valence-corrected chi connectivity index (χ0v) is 11.4. The molecule has 0 amide bonds. The number of nitrogens with one attached hydrogen (secondary N) is 1. The molecule has 2 aromatic rings. The summed E-state index contributed by atoms with van der Waals surface area (Å²) >= 11 is 0. The van der Waals surface area contributed by atoms with E-state index in [1.54, 1.807) is 0 Å². The van der Waals surface area contributed by atoms with Crippen LogP contribution in [0.2, 0.25) is 0 Å². The second kappa shape index (κ2) is 6.55. The molecule has 0 aliphatic heterocycles. The molecular formula is C17H23N. The second-order valence-corrected chi connectivity index (χ2v) is 4.99. The number of rotatable bonds is 6. The van der Waals surface area contributed by atoms with Crippen LogP contribution in [-0.4, -0.2) is 6.54 Å². The Bertz CT molecular complexity index is 486. The van der Waals surface area contributed by atoms with E-state index >= 15 is 0 Å². The van der Waals surface area contributed by atoms with E-state index in [0.717, 1.165) is 19.0 Å². The highest BCUT2D eigenvalue weighted by Gasteiger charge is 2.02. The van der Waals surface area contributed by atoms with Gasteiger partial charge in [0.05, 0.1) is 0 Å². The Morgan fingerprint density at radius 1 is 0.944 bits per heavy atom. The largest absolute Gasteiger partial charge is 0.312 e. The highest BCUT2D eigenvalue weighted by Crippen LogP contribution is 2.15. The summed E-state index contributed by atoms with van der Waals surface area (Å²) in [6, 6.07) is 15.3. The van der Waals surface area contributed by atoms with Crippen molar-refractivity contribution in [3.05, 3.63) is 48.0 Å². The zero-order valence-electron chi connectivity index (χ0n) is 11.4. The molecule has 0 fully saturated rings. The summed E-state index contributed by atoms with van der Waals surface area (Å²) in [6.45, 7) is 6.64. The Kier molecular flexibility index (Phi) is 4.77.